The molecule has 1 saturated heterocycles. The fourth-order valence-electron chi connectivity index (χ4n) is 2.73. The van der Waals surface area contributed by atoms with Gasteiger partial charge in [0.05, 0.1) is 5.56 Å². The van der Waals surface area contributed by atoms with Crippen LogP contribution in [-0.4, -0.2) is 23.9 Å². The van der Waals surface area contributed by atoms with Crippen molar-refractivity contribution in [1.82, 2.24) is 4.90 Å². The highest BCUT2D eigenvalue weighted by molar-refractivity contribution is 6.04. The zero-order valence-electron chi connectivity index (χ0n) is 11.1. The number of likely N-dealkylation sites (tertiary alicyclic amines) is 1. The fourth-order valence-corrected chi connectivity index (χ4v) is 2.73. The van der Waals surface area contributed by atoms with Crippen LogP contribution in [0.25, 0.3) is 10.8 Å². The quantitative estimate of drug-likeness (QED) is 0.795. The number of hydrogen-bond acceptors (Lipinski definition) is 2. The smallest absolute Gasteiger partial charge is 0.255 e. The van der Waals surface area contributed by atoms with Gasteiger partial charge in [0, 0.05) is 18.8 Å². The Morgan fingerprint density at radius 2 is 1.95 bits per heavy atom. The van der Waals surface area contributed by atoms with Crippen molar-refractivity contribution in [3.05, 3.63) is 42.0 Å². The lowest BCUT2D eigenvalue weighted by molar-refractivity contribution is 0.0789. The number of nitrogen functional groups attached to an aromatic ring is 1. The van der Waals surface area contributed by atoms with Crippen LogP contribution >= 0.6 is 0 Å². The Morgan fingerprint density at radius 1 is 1.26 bits per heavy atom. The van der Waals surface area contributed by atoms with E-state index in [9.17, 15) is 4.79 Å². The van der Waals surface area contributed by atoms with Crippen molar-refractivity contribution < 1.29 is 4.79 Å². The summed E-state index contributed by atoms with van der Waals surface area (Å²) in [5, 5.41) is 2.14. The normalized spacial score (nSPS) is 19.0. The van der Waals surface area contributed by atoms with Gasteiger partial charge in [-0.1, -0.05) is 31.2 Å². The Balaban J connectivity index is 2.00. The first-order valence-corrected chi connectivity index (χ1v) is 6.72. The summed E-state index contributed by atoms with van der Waals surface area (Å²) in [7, 11) is 0. The molecule has 0 spiro atoms. The maximum atomic E-state index is 12.5. The molecule has 1 fully saturated rings. The molecule has 98 valence electrons. The highest BCUT2D eigenvalue weighted by Crippen LogP contribution is 2.25. The number of benzene rings is 2. The summed E-state index contributed by atoms with van der Waals surface area (Å²) in [6.07, 6.45) is 1.08. The highest BCUT2D eigenvalue weighted by Gasteiger charge is 2.25. The van der Waals surface area contributed by atoms with Gasteiger partial charge in [0.2, 0.25) is 0 Å². The number of anilines is 1. The van der Waals surface area contributed by atoms with E-state index in [2.05, 4.69) is 6.92 Å². The van der Waals surface area contributed by atoms with Gasteiger partial charge in [0.25, 0.3) is 5.91 Å². The van der Waals surface area contributed by atoms with Crippen LogP contribution in [0.1, 0.15) is 23.7 Å². The van der Waals surface area contributed by atoms with E-state index >= 15 is 0 Å². The summed E-state index contributed by atoms with van der Waals surface area (Å²) < 4.78 is 0. The lowest BCUT2D eigenvalue weighted by Crippen LogP contribution is -2.29. The van der Waals surface area contributed by atoms with Crippen LogP contribution in [0.5, 0.6) is 0 Å². The van der Waals surface area contributed by atoms with Crippen LogP contribution in [-0.2, 0) is 0 Å². The van der Waals surface area contributed by atoms with E-state index in [1.807, 2.05) is 41.3 Å². The Labute approximate surface area is 113 Å². The summed E-state index contributed by atoms with van der Waals surface area (Å²) in [5.74, 6) is 0.651. The van der Waals surface area contributed by atoms with E-state index in [1.165, 1.54) is 0 Å². The summed E-state index contributed by atoms with van der Waals surface area (Å²) in [5.41, 5.74) is 7.25. The highest BCUT2D eigenvalue weighted by atomic mass is 16.2. The minimum Gasteiger partial charge on any atom is -0.398 e. The molecule has 3 nitrogen and oxygen atoms in total. The van der Waals surface area contributed by atoms with Gasteiger partial charge in [-0.15, -0.1) is 0 Å². The first-order chi connectivity index (χ1) is 9.15. The zero-order chi connectivity index (χ0) is 13.4. The van der Waals surface area contributed by atoms with E-state index in [-0.39, 0.29) is 5.91 Å². The molecule has 1 aliphatic rings. The lowest BCUT2D eigenvalue weighted by Gasteiger charge is -2.17. The van der Waals surface area contributed by atoms with Crippen molar-refractivity contribution in [2.45, 2.75) is 13.3 Å². The van der Waals surface area contributed by atoms with Crippen molar-refractivity contribution in [3.63, 3.8) is 0 Å². The average Bonchev–Trinajstić information content (AvgIpc) is 2.84. The van der Waals surface area contributed by atoms with E-state index in [0.717, 1.165) is 30.3 Å². The van der Waals surface area contributed by atoms with Gasteiger partial charge >= 0.3 is 0 Å². The van der Waals surface area contributed by atoms with Gasteiger partial charge < -0.3 is 10.6 Å². The first-order valence-electron chi connectivity index (χ1n) is 6.72. The molecular formula is C16H18N2O. The second-order valence-electron chi connectivity index (χ2n) is 5.43. The largest absolute Gasteiger partial charge is 0.398 e. The lowest BCUT2D eigenvalue weighted by atomic mass is 10.0. The predicted molar refractivity (Wildman–Crippen MR) is 78.0 cm³/mol. The molecule has 0 aromatic heterocycles. The summed E-state index contributed by atoms with van der Waals surface area (Å²) >= 11 is 0. The summed E-state index contributed by atoms with van der Waals surface area (Å²) in [4.78, 5) is 14.4. The molecule has 1 heterocycles. The number of fused-ring (bicyclic) bond motifs is 1. The van der Waals surface area contributed by atoms with Gasteiger partial charge in [-0.3, -0.25) is 4.79 Å². The van der Waals surface area contributed by atoms with E-state index < -0.39 is 0 Å². The van der Waals surface area contributed by atoms with Crippen LogP contribution in [0.15, 0.2) is 36.4 Å². The van der Waals surface area contributed by atoms with E-state index in [1.54, 1.807) is 0 Å². The number of carbonyl (C=O) groups is 1. The number of hydrogen-bond donors (Lipinski definition) is 1. The fraction of sp³-hybridized carbons (Fsp3) is 0.312. The molecule has 2 N–H and O–H groups in total. The topological polar surface area (TPSA) is 46.3 Å². The molecule has 3 heteroatoms. The molecule has 1 unspecified atom stereocenters. The monoisotopic (exact) mass is 254 g/mol. The molecule has 1 amide bonds. The third-order valence-corrected chi connectivity index (χ3v) is 3.86. The third-order valence-electron chi connectivity index (χ3n) is 3.86. The van der Waals surface area contributed by atoms with Crippen LogP contribution in [0.3, 0.4) is 0 Å². The molecule has 0 aliphatic carbocycles. The molecule has 3 rings (SSSR count). The summed E-state index contributed by atoms with van der Waals surface area (Å²) in [6.45, 7) is 3.86. The Kier molecular flexibility index (Phi) is 2.90. The average molecular weight is 254 g/mol. The second-order valence-corrected chi connectivity index (χ2v) is 5.43. The Hall–Kier alpha value is -2.03. The van der Waals surface area contributed by atoms with Gasteiger partial charge in [-0.05, 0) is 35.2 Å². The van der Waals surface area contributed by atoms with Gasteiger partial charge in [0.1, 0.15) is 0 Å². The SMILES string of the molecule is CC1CCN(C(=O)c2cc3ccccc3cc2N)C1. The number of nitrogens with zero attached hydrogens (tertiary/aromatic N) is 1. The van der Waals surface area contributed by atoms with E-state index in [0.29, 0.717) is 17.2 Å². The molecular weight excluding hydrogens is 236 g/mol. The number of carbonyl (C=O) groups excluding carboxylic acids is 1. The maximum Gasteiger partial charge on any atom is 0.255 e. The van der Waals surface area contributed by atoms with E-state index in [4.69, 9.17) is 5.73 Å². The zero-order valence-corrected chi connectivity index (χ0v) is 11.1. The summed E-state index contributed by atoms with van der Waals surface area (Å²) in [6, 6.07) is 11.8. The molecule has 0 radical (unpaired) electrons. The minimum absolute atomic E-state index is 0.0626. The standard InChI is InChI=1S/C16H18N2O/c1-11-6-7-18(10-11)16(19)14-8-12-4-2-3-5-13(12)9-15(14)17/h2-5,8-9,11H,6-7,10,17H2,1H3. The Bertz CT molecular complexity index is 636. The second kappa shape index (κ2) is 4.57. The van der Waals surface area contributed by atoms with Crippen LogP contribution < -0.4 is 5.73 Å². The molecule has 2 aromatic carbocycles. The van der Waals surface area contributed by atoms with Crippen LogP contribution in [0.2, 0.25) is 0 Å². The van der Waals surface area contributed by atoms with Gasteiger partial charge in [0.15, 0.2) is 0 Å². The first kappa shape index (κ1) is 12.0. The van der Waals surface area contributed by atoms with Crippen molar-refractivity contribution >= 4 is 22.4 Å². The van der Waals surface area contributed by atoms with Crippen LogP contribution in [0, 0.1) is 5.92 Å². The van der Waals surface area contributed by atoms with Crippen molar-refractivity contribution in [1.29, 1.82) is 0 Å². The van der Waals surface area contributed by atoms with Crippen molar-refractivity contribution in [3.8, 4) is 0 Å². The maximum absolute atomic E-state index is 12.5. The molecule has 19 heavy (non-hydrogen) atoms. The van der Waals surface area contributed by atoms with Crippen molar-refractivity contribution in [2.24, 2.45) is 5.92 Å². The molecule has 1 aliphatic heterocycles. The Morgan fingerprint density at radius 3 is 2.58 bits per heavy atom. The van der Waals surface area contributed by atoms with Crippen LogP contribution in [0.4, 0.5) is 5.69 Å². The van der Waals surface area contributed by atoms with Gasteiger partial charge in [-0.2, -0.15) is 0 Å². The number of rotatable bonds is 1. The molecule has 2 aromatic rings. The molecule has 1 atom stereocenters. The minimum atomic E-state index is 0.0626. The third kappa shape index (κ3) is 2.16. The molecule has 0 bridgehead atoms. The van der Waals surface area contributed by atoms with Crippen molar-refractivity contribution in [2.75, 3.05) is 18.8 Å². The molecule has 0 saturated carbocycles. The van der Waals surface area contributed by atoms with Gasteiger partial charge in [-0.25, -0.2) is 0 Å². The predicted octanol–water partition coefficient (Wildman–Crippen LogP) is 2.90. The number of nitrogens with two attached hydrogens (primary N) is 1. The number of amides is 1.